The van der Waals surface area contributed by atoms with Gasteiger partial charge in [-0.2, -0.15) is 0 Å². The Morgan fingerprint density at radius 3 is 2.84 bits per heavy atom. The first-order chi connectivity index (χ1) is 9.17. The average Bonchev–Trinajstić information content (AvgIpc) is 2.86. The fraction of sp³-hybridized carbons (Fsp3) is 0.643. The van der Waals surface area contributed by atoms with E-state index in [1.165, 1.54) is 12.8 Å². The molecular formula is C14H22BrN3O. The van der Waals surface area contributed by atoms with E-state index in [1.807, 2.05) is 17.9 Å². The highest BCUT2D eigenvalue weighted by molar-refractivity contribution is 9.10. The maximum Gasteiger partial charge on any atom is 0.270 e. The van der Waals surface area contributed by atoms with Gasteiger partial charge < -0.3 is 15.6 Å². The molecule has 1 amide bonds. The van der Waals surface area contributed by atoms with Crippen molar-refractivity contribution in [2.75, 3.05) is 13.1 Å². The Balaban J connectivity index is 2.16. The highest BCUT2D eigenvalue weighted by Crippen LogP contribution is 2.29. The summed E-state index contributed by atoms with van der Waals surface area (Å²) in [5.41, 5.74) is 6.52. The lowest BCUT2D eigenvalue weighted by Crippen LogP contribution is -2.48. The molecule has 0 bridgehead atoms. The number of carbonyl (C=O) groups excluding carboxylic acids is 1. The maximum atomic E-state index is 12.6. The number of carbonyl (C=O) groups is 1. The zero-order valence-electron chi connectivity index (χ0n) is 11.4. The van der Waals surface area contributed by atoms with Crippen LogP contribution in [-0.4, -0.2) is 34.9 Å². The molecule has 2 atom stereocenters. The van der Waals surface area contributed by atoms with Crippen LogP contribution in [0.4, 0.5) is 0 Å². The van der Waals surface area contributed by atoms with Gasteiger partial charge in [0.05, 0.1) is 0 Å². The third-order valence-electron chi connectivity index (χ3n) is 4.05. The molecule has 5 heteroatoms. The van der Waals surface area contributed by atoms with Gasteiger partial charge in [-0.05, 0) is 54.2 Å². The molecule has 1 fully saturated rings. The summed E-state index contributed by atoms with van der Waals surface area (Å²) in [6, 6.07) is 2.13. The lowest BCUT2D eigenvalue weighted by Gasteiger charge is -2.39. The smallest absolute Gasteiger partial charge is 0.270 e. The number of rotatable bonds is 4. The number of aromatic amines is 1. The molecule has 1 aromatic rings. The average molecular weight is 328 g/mol. The highest BCUT2D eigenvalue weighted by Gasteiger charge is 2.32. The van der Waals surface area contributed by atoms with Crippen molar-refractivity contribution >= 4 is 21.8 Å². The van der Waals surface area contributed by atoms with Crippen molar-refractivity contribution in [3.63, 3.8) is 0 Å². The first kappa shape index (κ1) is 14.6. The Bertz CT molecular complexity index is 432. The van der Waals surface area contributed by atoms with Crippen LogP contribution in [0.2, 0.25) is 0 Å². The third-order valence-corrected chi connectivity index (χ3v) is 4.51. The Kier molecular flexibility index (Phi) is 5.05. The van der Waals surface area contributed by atoms with E-state index in [0.29, 0.717) is 24.2 Å². The molecule has 0 aromatic carbocycles. The minimum absolute atomic E-state index is 0.0820. The van der Waals surface area contributed by atoms with Gasteiger partial charge in [-0.3, -0.25) is 4.79 Å². The minimum Gasteiger partial charge on any atom is -0.356 e. The molecule has 1 saturated carbocycles. The van der Waals surface area contributed by atoms with Crippen molar-refractivity contribution in [1.29, 1.82) is 0 Å². The molecule has 0 spiro atoms. The first-order valence-electron chi connectivity index (χ1n) is 7.02. The van der Waals surface area contributed by atoms with E-state index in [1.54, 1.807) is 6.20 Å². The summed E-state index contributed by atoms with van der Waals surface area (Å²) < 4.78 is 0.908. The van der Waals surface area contributed by atoms with E-state index in [9.17, 15) is 4.79 Å². The standard InChI is InChI=1S/C14H22BrN3O/c1-2-18(13-6-4-3-5-10(13)8-16)14(19)12-7-11(15)9-17-12/h7,9-10,13,17H,2-6,8,16H2,1H3. The number of halogens is 1. The first-order valence-corrected chi connectivity index (χ1v) is 7.81. The van der Waals surface area contributed by atoms with Gasteiger partial charge in [-0.25, -0.2) is 0 Å². The summed E-state index contributed by atoms with van der Waals surface area (Å²) in [6.07, 6.45) is 6.43. The maximum absolute atomic E-state index is 12.6. The lowest BCUT2D eigenvalue weighted by molar-refractivity contribution is 0.0555. The zero-order valence-corrected chi connectivity index (χ0v) is 12.9. The molecule has 1 aromatic heterocycles. The molecule has 19 heavy (non-hydrogen) atoms. The molecule has 1 heterocycles. The molecule has 0 radical (unpaired) electrons. The number of amides is 1. The van der Waals surface area contributed by atoms with Gasteiger partial charge in [0, 0.05) is 23.3 Å². The summed E-state index contributed by atoms with van der Waals surface area (Å²) in [6.45, 7) is 3.44. The van der Waals surface area contributed by atoms with Crippen molar-refractivity contribution in [1.82, 2.24) is 9.88 Å². The number of H-pyrrole nitrogens is 1. The van der Waals surface area contributed by atoms with E-state index in [2.05, 4.69) is 20.9 Å². The summed E-state index contributed by atoms with van der Waals surface area (Å²) in [5.74, 6) is 0.523. The molecule has 4 nitrogen and oxygen atoms in total. The van der Waals surface area contributed by atoms with Crippen LogP contribution in [0.5, 0.6) is 0 Å². The van der Waals surface area contributed by atoms with Crippen molar-refractivity contribution < 1.29 is 4.79 Å². The molecule has 0 aliphatic heterocycles. The number of nitrogens with zero attached hydrogens (tertiary/aromatic N) is 1. The van der Waals surface area contributed by atoms with Crippen LogP contribution in [0.1, 0.15) is 43.1 Å². The Hall–Kier alpha value is -0.810. The fourth-order valence-corrected chi connectivity index (χ4v) is 3.39. The number of nitrogens with two attached hydrogens (primary N) is 1. The van der Waals surface area contributed by atoms with Crippen molar-refractivity contribution in [3.05, 3.63) is 22.4 Å². The molecule has 1 aliphatic rings. The predicted molar refractivity (Wildman–Crippen MR) is 80.0 cm³/mol. The Labute approximate surface area is 122 Å². The van der Waals surface area contributed by atoms with E-state index in [-0.39, 0.29) is 5.91 Å². The van der Waals surface area contributed by atoms with Gasteiger partial charge in [-0.1, -0.05) is 12.8 Å². The van der Waals surface area contributed by atoms with Gasteiger partial charge in [-0.15, -0.1) is 0 Å². The lowest BCUT2D eigenvalue weighted by atomic mass is 9.83. The minimum atomic E-state index is 0.0820. The molecule has 1 aliphatic carbocycles. The summed E-state index contributed by atoms with van der Waals surface area (Å²) >= 11 is 3.37. The highest BCUT2D eigenvalue weighted by atomic mass is 79.9. The van der Waals surface area contributed by atoms with Crippen LogP contribution in [0.15, 0.2) is 16.7 Å². The van der Waals surface area contributed by atoms with E-state index in [0.717, 1.165) is 23.9 Å². The molecule has 2 unspecified atom stereocenters. The Morgan fingerprint density at radius 2 is 2.26 bits per heavy atom. The SMILES string of the molecule is CCN(C(=O)c1cc(Br)c[nH]1)C1CCCCC1CN. The summed E-state index contributed by atoms with van der Waals surface area (Å²) in [4.78, 5) is 17.6. The normalized spacial score (nSPS) is 23.3. The molecule has 106 valence electrons. The van der Waals surface area contributed by atoms with E-state index in [4.69, 9.17) is 5.73 Å². The largest absolute Gasteiger partial charge is 0.356 e. The molecule has 0 saturated heterocycles. The van der Waals surface area contributed by atoms with Crippen LogP contribution in [0.3, 0.4) is 0 Å². The summed E-state index contributed by atoms with van der Waals surface area (Å²) in [7, 11) is 0. The topological polar surface area (TPSA) is 62.1 Å². The van der Waals surface area contributed by atoms with Crippen molar-refractivity contribution in [2.45, 2.75) is 38.6 Å². The van der Waals surface area contributed by atoms with E-state index >= 15 is 0 Å². The predicted octanol–water partition coefficient (Wildman–Crippen LogP) is 2.76. The van der Waals surface area contributed by atoms with Gasteiger partial charge in [0.1, 0.15) is 5.69 Å². The fourth-order valence-electron chi connectivity index (χ4n) is 3.05. The monoisotopic (exact) mass is 327 g/mol. The molecule has 2 rings (SSSR count). The molecular weight excluding hydrogens is 306 g/mol. The van der Waals surface area contributed by atoms with Gasteiger partial charge in [0.2, 0.25) is 0 Å². The number of nitrogens with one attached hydrogen (secondary N) is 1. The van der Waals surface area contributed by atoms with Crippen molar-refractivity contribution in [3.8, 4) is 0 Å². The number of aromatic nitrogens is 1. The van der Waals surface area contributed by atoms with Gasteiger partial charge >= 0.3 is 0 Å². The van der Waals surface area contributed by atoms with Gasteiger partial charge in [0.15, 0.2) is 0 Å². The van der Waals surface area contributed by atoms with Crippen LogP contribution in [-0.2, 0) is 0 Å². The zero-order chi connectivity index (χ0) is 13.8. The van der Waals surface area contributed by atoms with Crippen LogP contribution >= 0.6 is 15.9 Å². The third kappa shape index (κ3) is 3.20. The van der Waals surface area contributed by atoms with Gasteiger partial charge in [0.25, 0.3) is 5.91 Å². The van der Waals surface area contributed by atoms with E-state index < -0.39 is 0 Å². The quantitative estimate of drug-likeness (QED) is 0.893. The van der Waals surface area contributed by atoms with Crippen LogP contribution in [0.25, 0.3) is 0 Å². The molecule has 3 N–H and O–H groups in total. The number of hydrogen-bond donors (Lipinski definition) is 2. The second kappa shape index (κ2) is 6.57. The number of hydrogen-bond acceptors (Lipinski definition) is 2. The second-order valence-electron chi connectivity index (χ2n) is 5.17. The second-order valence-corrected chi connectivity index (χ2v) is 6.09. The Morgan fingerprint density at radius 1 is 1.53 bits per heavy atom. The van der Waals surface area contributed by atoms with Crippen LogP contribution < -0.4 is 5.73 Å². The van der Waals surface area contributed by atoms with Crippen LogP contribution in [0, 0.1) is 5.92 Å². The van der Waals surface area contributed by atoms with Crippen molar-refractivity contribution in [2.24, 2.45) is 11.7 Å². The summed E-state index contributed by atoms with van der Waals surface area (Å²) in [5, 5.41) is 0.